The molecule has 146 valence electrons. The Morgan fingerprint density at radius 2 is 2.08 bits per heavy atom. The third-order valence-electron chi connectivity index (χ3n) is 3.89. The molecule has 0 radical (unpaired) electrons. The number of hydrogen-bond acceptors (Lipinski definition) is 4. The standard InChI is InChI=1S/C18H28N4O3.HI/c1-3-19-18(20-8-9-25-11-10-24-2)21-13-14-12-17(23)22-16-7-5-4-6-15(14)16;/h4-7,14H,3,8-13H2,1-2H3,(H,22,23)(H2,19,20,21);1H. The molecule has 8 heteroatoms. The fourth-order valence-corrected chi connectivity index (χ4v) is 2.69. The highest BCUT2D eigenvalue weighted by Crippen LogP contribution is 2.31. The number of nitrogens with zero attached hydrogens (tertiary/aromatic N) is 1. The molecule has 0 bridgehead atoms. The highest BCUT2D eigenvalue weighted by Gasteiger charge is 2.24. The zero-order valence-electron chi connectivity index (χ0n) is 15.4. The van der Waals surface area contributed by atoms with E-state index in [2.05, 4.69) is 27.0 Å². The first-order valence-electron chi connectivity index (χ1n) is 8.72. The number of anilines is 1. The first kappa shape index (κ1) is 22.7. The van der Waals surface area contributed by atoms with Gasteiger partial charge in [-0.1, -0.05) is 18.2 Å². The Balaban J connectivity index is 0.00000338. The third-order valence-corrected chi connectivity index (χ3v) is 3.89. The van der Waals surface area contributed by atoms with Gasteiger partial charge in [0.05, 0.1) is 26.4 Å². The number of carbonyl (C=O) groups is 1. The average molecular weight is 476 g/mol. The molecule has 26 heavy (non-hydrogen) atoms. The molecule has 1 aromatic rings. The summed E-state index contributed by atoms with van der Waals surface area (Å²) in [5.74, 6) is 0.878. The van der Waals surface area contributed by atoms with Crippen LogP contribution in [0.5, 0.6) is 0 Å². The van der Waals surface area contributed by atoms with Gasteiger partial charge in [0.2, 0.25) is 5.91 Å². The van der Waals surface area contributed by atoms with Crippen molar-refractivity contribution in [3.63, 3.8) is 0 Å². The Kier molecular flexibility index (Phi) is 11.2. The first-order valence-corrected chi connectivity index (χ1v) is 8.72. The van der Waals surface area contributed by atoms with Crippen LogP contribution < -0.4 is 16.0 Å². The van der Waals surface area contributed by atoms with Gasteiger partial charge in [-0.2, -0.15) is 0 Å². The predicted molar refractivity (Wildman–Crippen MR) is 115 cm³/mol. The second kappa shape index (κ2) is 12.9. The van der Waals surface area contributed by atoms with Crippen LogP contribution in [0.1, 0.15) is 24.8 Å². The highest BCUT2D eigenvalue weighted by molar-refractivity contribution is 14.0. The maximum Gasteiger partial charge on any atom is 0.225 e. The fourth-order valence-electron chi connectivity index (χ4n) is 2.69. The van der Waals surface area contributed by atoms with E-state index in [-0.39, 0.29) is 35.8 Å². The molecule has 1 aromatic carbocycles. The van der Waals surface area contributed by atoms with Gasteiger partial charge in [0.1, 0.15) is 0 Å². The summed E-state index contributed by atoms with van der Waals surface area (Å²) in [5.41, 5.74) is 2.04. The molecule has 1 amide bonds. The van der Waals surface area contributed by atoms with E-state index in [4.69, 9.17) is 9.47 Å². The van der Waals surface area contributed by atoms with Crippen molar-refractivity contribution in [2.75, 3.05) is 51.9 Å². The van der Waals surface area contributed by atoms with Gasteiger partial charge in [-0.25, -0.2) is 0 Å². The number of aliphatic imine (C=N–C) groups is 1. The fraction of sp³-hybridized carbons (Fsp3) is 0.556. The smallest absolute Gasteiger partial charge is 0.225 e. The summed E-state index contributed by atoms with van der Waals surface area (Å²) in [6.45, 7) is 5.79. The summed E-state index contributed by atoms with van der Waals surface area (Å²) in [5, 5.41) is 9.38. The lowest BCUT2D eigenvalue weighted by atomic mass is 9.91. The lowest BCUT2D eigenvalue weighted by Gasteiger charge is -2.24. The van der Waals surface area contributed by atoms with Crippen LogP contribution in [0.4, 0.5) is 5.69 Å². The van der Waals surface area contributed by atoms with Gasteiger partial charge in [0.25, 0.3) is 0 Å². The zero-order valence-corrected chi connectivity index (χ0v) is 17.7. The number of hydrogen-bond donors (Lipinski definition) is 3. The van der Waals surface area contributed by atoms with Crippen LogP contribution in [-0.4, -0.2) is 58.4 Å². The Morgan fingerprint density at radius 1 is 1.27 bits per heavy atom. The molecule has 2 rings (SSSR count). The van der Waals surface area contributed by atoms with E-state index in [0.29, 0.717) is 39.3 Å². The van der Waals surface area contributed by atoms with Crippen molar-refractivity contribution in [2.24, 2.45) is 4.99 Å². The summed E-state index contributed by atoms with van der Waals surface area (Å²) in [6.07, 6.45) is 0.458. The molecular formula is C18H29IN4O3. The van der Waals surface area contributed by atoms with E-state index in [1.807, 2.05) is 25.1 Å². The number of guanidine groups is 1. The minimum atomic E-state index is 0. The van der Waals surface area contributed by atoms with Crippen molar-refractivity contribution in [3.05, 3.63) is 29.8 Å². The number of rotatable bonds is 9. The summed E-state index contributed by atoms with van der Waals surface area (Å²) < 4.78 is 10.4. The normalized spacial score (nSPS) is 16.3. The van der Waals surface area contributed by atoms with Gasteiger partial charge >= 0.3 is 0 Å². The number of carbonyl (C=O) groups excluding carboxylic acids is 1. The van der Waals surface area contributed by atoms with Crippen LogP contribution in [0.25, 0.3) is 0 Å². The highest BCUT2D eigenvalue weighted by atomic mass is 127. The lowest BCUT2D eigenvalue weighted by molar-refractivity contribution is -0.116. The quantitative estimate of drug-likeness (QED) is 0.220. The van der Waals surface area contributed by atoms with Crippen molar-refractivity contribution in [2.45, 2.75) is 19.3 Å². The van der Waals surface area contributed by atoms with Crippen molar-refractivity contribution in [1.29, 1.82) is 0 Å². The van der Waals surface area contributed by atoms with Gasteiger partial charge < -0.3 is 25.4 Å². The number of ether oxygens (including phenoxy) is 2. The number of nitrogens with one attached hydrogen (secondary N) is 3. The average Bonchev–Trinajstić information content (AvgIpc) is 2.62. The van der Waals surface area contributed by atoms with Gasteiger partial charge in [-0.15, -0.1) is 24.0 Å². The number of benzene rings is 1. The number of amides is 1. The van der Waals surface area contributed by atoms with Gasteiger partial charge in [0, 0.05) is 38.2 Å². The Morgan fingerprint density at radius 3 is 2.85 bits per heavy atom. The summed E-state index contributed by atoms with van der Waals surface area (Å²) >= 11 is 0. The van der Waals surface area contributed by atoms with Crippen LogP contribution in [0, 0.1) is 0 Å². The lowest BCUT2D eigenvalue weighted by Crippen LogP contribution is -2.39. The van der Waals surface area contributed by atoms with E-state index in [1.54, 1.807) is 7.11 Å². The predicted octanol–water partition coefficient (Wildman–Crippen LogP) is 1.95. The van der Waals surface area contributed by atoms with Gasteiger partial charge in [-0.3, -0.25) is 9.79 Å². The molecule has 1 heterocycles. The summed E-state index contributed by atoms with van der Waals surface area (Å²) in [7, 11) is 1.65. The maximum atomic E-state index is 11.9. The van der Waals surface area contributed by atoms with Gasteiger partial charge in [0.15, 0.2) is 5.96 Å². The number of halogens is 1. The zero-order chi connectivity index (χ0) is 17.9. The molecule has 1 aliphatic rings. The third kappa shape index (κ3) is 7.46. The second-order valence-corrected chi connectivity index (χ2v) is 5.79. The molecule has 0 saturated heterocycles. The van der Waals surface area contributed by atoms with E-state index >= 15 is 0 Å². The second-order valence-electron chi connectivity index (χ2n) is 5.79. The molecule has 0 aromatic heterocycles. The largest absolute Gasteiger partial charge is 0.382 e. The van der Waals surface area contributed by atoms with E-state index in [1.165, 1.54) is 0 Å². The number of methoxy groups -OCH3 is 1. The van der Waals surface area contributed by atoms with Crippen LogP contribution in [0.15, 0.2) is 29.3 Å². The summed E-state index contributed by atoms with van der Waals surface area (Å²) in [6, 6.07) is 7.91. The first-order chi connectivity index (χ1) is 12.2. The van der Waals surface area contributed by atoms with E-state index in [0.717, 1.165) is 23.8 Å². The van der Waals surface area contributed by atoms with Crippen LogP contribution >= 0.6 is 24.0 Å². The number of fused-ring (bicyclic) bond motifs is 1. The number of para-hydroxylation sites is 1. The maximum absolute atomic E-state index is 11.9. The van der Waals surface area contributed by atoms with Crippen LogP contribution in [-0.2, 0) is 14.3 Å². The van der Waals surface area contributed by atoms with E-state index < -0.39 is 0 Å². The SMILES string of the molecule is CCNC(=NCC1CC(=O)Nc2ccccc21)NCCOCCOC.I. The molecule has 1 atom stereocenters. The molecule has 1 unspecified atom stereocenters. The minimum Gasteiger partial charge on any atom is -0.382 e. The van der Waals surface area contributed by atoms with Crippen molar-refractivity contribution < 1.29 is 14.3 Å². The summed E-state index contributed by atoms with van der Waals surface area (Å²) in [4.78, 5) is 16.5. The Bertz CT molecular complexity index is 583. The topological polar surface area (TPSA) is 84.0 Å². The molecule has 3 N–H and O–H groups in total. The molecule has 0 spiro atoms. The van der Waals surface area contributed by atoms with Crippen LogP contribution in [0.2, 0.25) is 0 Å². The van der Waals surface area contributed by atoms with Crippen LogP contribution in [0.3, 0.4) is 0 Å². The molecule has 0 fully saturated rings. The minimum absolute atomic E-state index is 0. The van der Waals surface area contributed by atoms with Crippen molar-refractivity contribution in [1.82, 2.24) is 10.6 Å². The van der Waals surface area contributed by atoms with Gasteiger partial charge in [-0.05, 0) is 18.6 Å². The Hall–Kier alpha value is -1.39. The molecular weight excluding hydrogens is 447 g/mol. The monoisotopic (exact) mass is 476 g/mol. The van der Waals surface area contributed by atoms with E-state index in [9.17, 15) is 4.79 Å². The van der Waals surface area contributed by atoms with Crippen molar-refractivity contribution in [3.8, 4) is 0 Å². The molecule has 0 saturated carbocycles. The molecule has 0 aliphatic carbocycles. The molecule has 1 aliphatic heterocycles. The Labute approximate surface area is 172 Å². The van der Waals surface area contributed by atoms with Crippen molar-refractivity contribution >= 4 is 41.5 Å². The molecule has 7 nitrogen and oxygen atoms in total.